The van der Waals surface area contributed by atoms with Crippen molar-refractivity contribution >= 4 is 57.3 Å². The zero-order chi connectivity index (χ0) is 16.7. The fraction of sp³-hybridized carbons (Fsp3) is 0.214. The Labute approximate surface area is 148 Å². The van der Waals surface area contributed by atoms with Crippen LogP contribution in [0.4, 0.5) is 10.8 Å². The quantitative estimate of drug-likeness (QED) is 0.412. The zero-order valence-corrected chi connectivity index (χ0v) is 15.0. The van der Waals surface area contributed by atoms with Gasteiger partial charge in [-0.3, -0.25) is 5.43 Å². The van der Waals surface area contributed by atoms with Crippen LogP contribution in [0.15, 0.2) is 29.4 Å². The number of hydrogen-bond donors (Lipinski definition) is 3. The van der Waals surface area contributed by atoms with Crippen LogP contribution in [-0.2, 0) is 0 Å². The second-order valence-corrected chi connectivity index (χ2v) is 6.03. The first-order valence-electron chi connectivity index (χ1n) is 6.77. The lowest BCUT2D eigenvalue weighted by molar-refractivity contribution is 0.417. The molecule has 0 aliphatic carbocycles. The molecule has 2 rings (SSSR count). The van der Waals surface area contributed by atoms with E-state index < -0.39 is 0 Å². The molecule has 0 saturated carbocycles. The number of nitrogens with zero attached hydrogens (tertiary/aromatic N) is 2. The summed E-state index contributed by atoms with van der Waals surface area (Å²) in [5, 5.41) is 11.6. The highest BCUT2D eigenvalue weighted by Crippen LogP contribution is 2.31. The van der Waals surface area contributed by atoms with Crippen LogP contribution >= 0.6 is 35.2 Å². The Hall–Kier alpha value is -1.90. The molecular formula is C14H16ClN5OS2. The second kappa shape index (κ2) is 8.66. The van der Waals surface area contributed by atoms with Crippen molar-refractivity contribution in [1.29, 1.82) is 0 Å². The number of thiazole rings is 1. The molecule has 0 bridgehead atoms. The van der Waals surface area contributed by atoms with Crippen molar-refractivity contribution in [3.8, 4) is 5.75 Å². The van der Waals surface area contributed by atoms with E-state index in [1.54, 1.807) is 13.3 Å². The van der Waals surface area contributed by atoms with E-state index in [0.29, 0.717) is 15.4 Å². The van der Waals surface area contributed by atoms with Gasteiger partial charge in [0.15, 0.2) is 15.4 Å². The van der Waals surface area contributed by atoms with Crippen LogP contribution in [-0.4, -0.2) is 30.0 Å². The average Bonchev–Trinajstić information content (AvgIpc) is 2.88. The molecule has 0 spiro atoms. The Balaban J connectivity index is 2.06. The third-order valence-corrected chi connectivity index (χ3v) is 4.18. The molecule has 6 nitrogen and oxygen atoms in total. The van der Waals surface area contributed by atoms with Gasteiger partial charge in [0.05, 0.1) is 23.9 Å². The van der Waals surface area contributed by atoms with Crippen LogP contribution in [0, 0.1) is 0 Å². The van der Waals surface area contributed by atoms with Gasteiger partial charge in [-0.25, -0.2) is 4.98 Å². The summed E-state index contributed by atoms with van der Waals surface area (Å²) >= 11 is 12.5. The van der Waals surface area contributed by atoms with Gasteiger partial charge < -0.3 is 15.4 Å². The lowest BCUT2D eigenvalue weighted by Crippen LogP contribution is -2.31. The number of benzene rings is 1. The maximum atomic E-state index is 6.12. The minimum Gasteiger partial charge on any atom is -0.495 e. The van der Waals surface area contributed by atoms with Gasteiger partial charge in [-0.1, -0.05) is 35.1 Å². The van der Waals surface area contributed by atoms with Gasteiger partial charge in [0.25, 0.3) is 0 Å². The number of hydrogen-bond acceptors (Lipinski definition) is 6. The van der Waals surface area contributed by atoms with E-state index >= 15 is 0 Å². The summed E-state index contributed by atoms with van der Waals surface area (Å²) in [5.74, 6) is 0.728. The third-order valence-electron chi connectivity index (χ3n) is 2.64. The topological polar surface area (TPSA) is 70.6 Å². The highest BCUT2D eigenvalue weighted by atomic mass is 35.5. The molecule has 0 fully saturated rings. The number of rotatable bonds is 6. The SMILES string of the molecule is CCNC(=S)N/N=C/c1sc(Nc2ccccc2OC)nc1Cl. The molecule has 1 heterocycles. The molecule has 1 aromatic heterocycles. The Kier molecular flexibility index (Phi) is 6.57. The predicted octanol–water partition coefficient (Wildman–Crippen LogP) is 3.37. The number of ether oxygens (including phenoxy) is 1. The summed E-state index contributed by atoms with van der Waals surface area (Å²) in [4.78, 5) is 4.98. The van der Waals surface area contributed by atoms with Crippen molar-refractivity contribution in [3.63, 3.8) is 0 Å². The van der Waals surface area contributed by atoms with Crippen LogP contribution < -0.4 is 20.8 Å². The van der Waals surface area contributed by atoms with E-state index in [0.717, 1.165) is 22.9 Å². The number of aromatic nitrogens is 1. The molecule has 0 aliphatic heterocycles. The Bertz CT molecular complexity index is 704. The van der Waals surface area contributed by atoms with E-state index in [1.165, 1.54) is 11.3 Å². The maximum absolute atomic E-state index is 6.12. The second-order valence-electron chi connectivity index (χ2n) is 4.23. The van der Waals surface area contributed by atoms with E-state index in [2.05, 4.69) is 26.1 Å². The number of hydrazone groups is 1. The summed E-state index contributed by atoms with van der Waals surface area (Å²) < 4.78 is 5.29. The molecule has 0 atom stereocenters. The van der Waals surface area contributed by atoms with Gasteiger partial charge in [-0.15, -0.1) is 0 Å². The molecule has 1 aromatic carbocycles. The number of methoxy groups -OCH3 is 1. The first kappa shape index (κ1) is 17.5. The van der Waals surface area contributed by atoms with Crippen molar-refractivity contribution in [2.45, 2.75) is 6.92 Å². The largest absolute Gasteiger partial charge is 0.495 e. The number of para-hydroxylation sites is 2. The van der Waals surface area contributed by atoms with Crippen LogP contribution in [0.2, 0.25) is 5.15 Å². The molecular weight excluding hydrogens is 354 g/mol. The maximum Gasteiger partial charge on any atom is 0.189 e. The molecule has 0 unspecified atom stereocenters. The van der Waals surface area contributed by atoms with E-state index in [1.807, 2.05) is 31.2 Å². The standard InChI is InChI=1S/C14H16ClN5OS2/c1-3-16-13(22)20-17-8-11-12(15)19-14(23-11)18-9-6-4-5-7-10(9)21-2/h4-8H,3H2,1-2H3,(H,18,19)(H2,16,20,22)/b17-8+. The minimum absolute atomic E-state index is 0.368. The molecule has 9 heteroatoms. The molecule has 122 valence electrons. The summed E-state index contributed by atoms with van der Waals surface area (Å²) in [5.41, 5.74) is 3.52. The summed E-state index contributed by atoms with van der Waals surface area (Å²) in [6.45, 7) is 2.68. The van der Waals surface area contributed by atoms with Crippen LogP contribution in [0.1, 0.15) is 11.8 Å². The van der Waals surface area contributed by atoms with Gasteiger partial charge in [-0.05, 0) is 31.3 Å². The summed E-state index contributed by atoms with van der Waals surface area (Å²) in [7, 11) is 1.62. The number of thiocarbonyl (C=S) groups is 1. The van der Waals surface area contributed by atoms with Gasteiger partial charge >= 0.3 is 0 Å². The lowest BCUT2D eigenvalue weighted by Gasteiger charge is -2.07. The molecule has 0 amide bonds. The Morgan fingerprint density at radius 1 is 1.48 bits per heavy atom. The Morgan fingerprint density at radius 3 is 3.00 bits per heavy atom. The van der Waals surface area contributed by atoms with Crippen LogP contribution in [0.3, 0.4) is 0 Å². The van der Waals surface area contributed by atoms with Gasteiger partial charge in [0.2, 0.25) is 0 Å². The van der Waals surface area contributed by atoms with Crippen LogP contribution in [0.5, 0.6) is 5.75 Å². The molecule has 23 heavy (non-hydrogen) atoms. The first-order valence-corrected chi connectivity index (χ1v) is 8.37. The van der Waals surface area contributed by atoms with E-state index in [4.69, 9.17) is 28.6 Å². The fourth-order valence-electron chi connectivity index (χ4n) is 1.66. The summed E-state index contributed by atoms with van der Waals surface area (Å²) in [6, 6.07) is 7.58. The van der Waals surface area contributed by atoms with Crippen molar-refractivity contribution < 1.29 is 4.74 Å². The highest BCUT2D eigenvalue weighted by Gasteiger charge is 2.09. The predicted molar refractivity (Wildman–Crippen MR) is 100 cm³/mol. The van der Waals surface area contributed by atoms with Crippen molar-refractivity contribution in [2.75, 3.05) is 19.0 Å². The zero-order valence-electron chi connectivity index (χ0n) is 12.6. The van der Waals surface area contributed by atoms with Gasteiger partial charge in [0, 0.05) is 6.54 Å². The summed E-state index contributed by atoms with van der Waals surface area (Å²) in [6.07, 6.45) is 1.58. The number of nitrogens with one attached hydrogen (secondary N) is 3. The molecule has 3 N–H and O–H groups in total. The Morgan fingerprint density at radius 2 is 2.26 bits per heavy atom. The molecule has 0 radical (unpaired) electrons. The lowest BCUT2D eigenvalue weighted by atomic mass is 10.3. The average molecular weight is 370 g/mol. The van der Waals surface area contributed by atoms with Crippen LogP contribution in [0.25, 0.3) is 0 Å². The van der Waals surface area contributed by atoms with E-state index in [-0.39, 0.29) is 0 Å². The molecule has 2 aromatic rings. The smallest absolute Gasteiger partial charge is 0.189 e. The van der Waals surface area contributed by atoms with Gasteiger partial charge in [-0.2, -0.15) is 5.10 Å². The number of anilines is 2. The van der Waals surface area contributed by atoms with Crippen molar-refractivity contribution in [1.82, 2.24) is 15.7 Å². The fourth-order valence-corrected chi connectivity index (χ4v) is 2.90. The molecule has 0 aliphatic rings. The monoisotopic (exact) mass is 369 g/mol. The number of halogens is 1. The van der Waals surface area contributed by atoms with E-state index in [9.17, 15) is 0 Å². The van der Waals surface area contributed by atoms with Gasteiger partial charge in [0.1, 0.15) is 5.75 Å². The van der Waals surface area contributed by atoms with Crippen molar-refractivity contribution in [2.24, 2.45) is 5.10 Å². The highest BCUT2D eigenvalue weighted by molar-refractivity contribution is 7.80. The first-order chi connectivity index (χ1) is 11.1. The minimum atomic E-state index is 0.368. The normalized spacial score (nSPS) is 10.6. The van der Waals surface area contributed by atoms with Crippen molar-refractivity contribution in [3.05, 3.63) is 34.3 Å². The molecule has 0 saturated heterocycles. The third kappa shape index (κ3) is 5.05.